The lowest BCUT2D eigenvalue weighted by Crippen LogP contribution is -2.41. The van der Waals surface area contributed by atoms with Crippen LogP contribution in [0.5, 0.6) is 0 Å². The van der Waals surface area contributed by atoms with Crippen LogP contribution in [0.1, 0.15) is 37.7 Å². The summed E-state index contributed by atoms with van der Waals surface area (Å²) in [6, 6.07) is 5.17. The monoisotopic (exact) mass is 291 g/mol. The van der Waals surface area contributed by atoms with Gasteiger partial charge in [-0.1, -0.05) is 6.07 Å². The van der Waals surface area contributed by atoms with Crippen LogP contribution in [0.25, 0.3) is 0 Å². The Hall–Kier alpha value is -2.11. The molecular weight excluding hydrogens is 270 g/mol. The second-order valence-corrected chi connectivity index (χ2v) is 6.10. The molecular formula is C15H21N3O3. The number of alkyl carbamates (subject to hydrolysis) is 1. The highest BCUT2D eigenvalue weighted by atomic mass is 16.6. The number of nitrogens with zero attached hydrogens (tertiary/aromatic N) is 2. The van der Waals surface area contributed by atoms with Gasteiger partial charge in [-0.2, -0.15) is 0 Å². The fourth-order valence-corrected chi connectivity index (χ4v) is 2.19. The third-order valence-corrected chi connectivity index (χ3v) is 3.08. The van der Waals surface area contributed by atoms with Crippen LogP contribution < -0.4 is 5.32 Å². The maximum absolute atomic E-state index is 12.2. The molecule has 1 saturated heterocycles. The lowest BCUT2D eigenvalue weighted by atomic mass is 10.2. The minimum Gasteiger partial charge on any atom is -0.444 e. The van der Waals surface area contributed by atoms with E-state index >= 15 is 0 Å². The van der Waals surface area contributed by atoms with E-state index in [4.69, 9.17) is 4.74 Å². The Labute approximate surface area is 124 Å². The predicted molar refractivity (Wildman–Crippen MR) is 77.9 cm³/mol. The van der Waals surface area contributed by atoms with Crippen molar-refractivity contribution in [2.45, 2.75) is 38.8 Å². The molecule has 6 heteroatoms. The molecule has 1 aliphatic heterocycles. The number of hydrogen-bond donors (Lipinski definition) is 1. The fourth-order valence-electron chi connectivity index (χ4n) is 2.19. The highest BCUT2D eigenvalue weighted by Crippen LogP contribution is 2.14. The molecule has 114 valence electrons. The van der Waals surface area contributed by atoms with Crippen LogP contribution in [-0.2, 0) is 4.74 Å². The van der Waals surface area contributed by atoms with Crippen molar-refractivity contribution < 1.29 is 14.3 Å². The van der Waals surface area contributed by atoms with E-state index in [0.717, 1.165) is 6.42 Å². The molecule has 1 aromatic heterocycles. The number of amides is 2. The number of ether oxygens (including phenoxy) is 1. The summed E-state index contributed by atoms with van der Waals surface area (Å²) in [4.78, 5) is 29.7. The van der Waals surface area contributed by atoms with Gasteiger partial charge in [-0.05, 0) is 39.3 Å². The van der Waals surface area contributed by atoms with Crippen molar-refractivity contribution in [3.63, 3.8) is 0 Å². The van der Waals surface area contributed by atoms with Gasteiger partial charge in [0.05, 0.1) is 6.04 Å². The molecule has 21 heavy (non-hydrogen) atoms. The molecule has 0 bridgehead atoms. The van der Waals surface area contributed by atoms with Gasteiger partial charge in [0.2, 0.25) is 0 Å². The van der Waals surface area contributed by atoms with Crippen molar-refractivity contribution in [2.24, 2.45) is 0 Å². The summed E-state index contributed by atoms with van der Waals surface area (Å²) in [6.45, 7) is 6.54. The number of aromatic nitrogens is 1. The molecule has 2 rings (SSSR count). The number of likely N-dealkylation sites (tertiary alicyclic amines) is 1. The molecule has 1 atom stereocenters. The third-order valence-electron chi connectivity index (χ3n) is 3.08. The highest BCUT2D eigenvalue weighted by molar-refractivity contribution is 5.92. The van der Waals surface area contributed by atoms with Crippen LogP contribution in [0.4, 0.5) is 4.79 Å². The number of carbonyl (C=O) groups is 2. The minimum atomic E-state index is -0.522. The Bertz CT molecular complexity index is 511. The van der Waals surface area contributed by atoms with Gasteiger partial charge in [0.1, 0.15) is 11.3 Å². The first-order valence-electron chi connectivity index (χ1n) is 7.05. The smallest absolute Gasteiger partial charge is 0.407 e. The van der Waals surface area contributed by atoms with E-state index in [2.05, 4.69) is 10.3 Å². The van der Waals surface area contributed by atoms with Crippen molar-refractivity contribution in [2.75, 3.05) is 13.1 Å². The third kappa shape index (κ3) is 4.44. The number of hydrogen-bond acceptors (Lipinski definition) is 4. The molecule has 0 unspecified atom stereocenters. The van der Waals surface area contributed by atoms with Gasteiger partial charge in [-0.25, -0.2) is 4.79 Å². The van der Waals surface area contributed by atoms with Crippen LogP contribution in [0.3, 0.4) is 0 Å². The average molecular weight is 291 g/mol. The van der Waals surface area contributed by atoms with Gasteiger partial charge in [-0.3, -0.25) is 9.78 Å². The minimum absolute atomic E-state index is 0.0764. The number of carbonyl (C=O) groups excluding carboxylic acids is 2. The van der Waals surface area contributed by atoms with Gasteiger partial charge in [-0.15, -0.1) is 0 Å². The fraction of sp³-hybridized carbons (Fsp3) is 0.533. The molecule has 1 aliphatic rings. The first-order chi connectivity index (χ1) is 9.85. The molecule has 1 aromatic rings. The van der Waals surface area contributed by atoms with Gasteiger partial charge in [0.25, 0.3) is 5.91 Å². The second-order valence-electron chi connectivity index (χ2n) is 6.10. The number of pyridine rings is 1. The normalized spacial score (nSPS) is 18.4. The van der Waals surface area contributed by atoms with Crippen molar-refractivity contribution >= 4 is 12.0 Å². The van der Waals surface area contributed by atoms with E-state index in [-0.39, 0.29) is 11.9 Å². The summed E-state index contributed by atoms with van der Waals surface area (Å²) in [6.07, 6.45) is 1.87. The zero-order chi connectivity index (χ0) is 15.5. The maximum Gasteiger partial charge on any atom is 0.407 e. The van der Waals surface area contributed by atoms with Crippen molar-refractivity contribution in [1.82, 2.24) is 15.2 Å². The lowest BCUT2D eigenvalue weighted by Gasteiger charge is -2.22. The summed E-state index contributed by atoms with van der Waals surface area (Å²) in [5.41, 5.74) is -0.0954. The zero-order valence-corrected chi connectivity index (χ0v) is 12.6. The zero-order valence-electron chi connectivity index (χ0n) is 12.6. The van der Waals surface area contributed by atoms with E-state index in [1.165, 1.54) is 0 Å². The quantitative estimate of drug-likeness (QED) is 0.902. The second kappa shape index (κ2) is 6.11. The molecule has 0 aromatic carbocycles. The molecule has 0 aliphatic carbocycles. The molecule has 0 spiro atoms. The highest BCUT2D eigenvalue weighted by Gasteiger charge is 2.29. The van der Waals surface area contributed by atoms with E-state index in [1.807, 2.05) is 20.8 Å². The molecule has 1 N–H and O–H groups in total. The Morgan fingerprint density at radius 2 is 2.14 bits per heavy atom. The van der Waals surface area contributed by atoms with E-state index in [0.29, 0.717) is 18.8 Å². The molecule has 0 radical (unpaired) electrons. The van der Waals surface area contributed by atoms with Crippen molar-refractivity contribution in [3.05, 3.63) is 30.1 Å². The SMILES string of the molecule is CC(C)(C)OC(=O)N[C@@H]1CCN(C(=O)c2ccccn2)C1. The standard InChI is InChI=1S/C15H21N3O3/c1-15(2,3)21-14(20)17-11-7-9-18(10-11)13(19)12-6-4-5-8-16-12/h4-6,8,11H,7,9-10H2,1-3H3,(H,17,20)/t11-/m1/s1. The first-order valence-corrected chi connectivity index (χ1v) is 7.05. The van der Waals surface area contributed by atoms with Crippen molar-refractivity contribution in [3.8, 4) is 0 Å². The van der Waals surface area contributed by atoms with E-state index < -0.39 is 11.7 Å². The summed E-state index contributed by atoms with van der Waals surface area (Å²) in [5.74, 6) is -0.107. The van der Waals surface area contributed by atoms with Gasteiger partial charge >= 0.3 is 6.09 Å². The van der Waals surface area contributed by atoms with Gasteiger partial charge in [0, 0.05) is 19.3 Å². The summed E-state index contributed by atoms with van der Waals surface area (Å²) in [7, 11) is 0. The van der Waals surface area contributed by atoms with Crippen molar-refractivity contribution in [1.29, 1.82) is 0 Å². The topological polar surface area (TPSA) is 71.5 Å². The van der Waals surface area contributed by atoms with Gasteiger partial charge in [0.15, 0.2) is 0 Å². The number of nitrogens with one attached hydrogen (secondary N) is 1. The Morgan fingerprint density at radius 1 is 1.38 bits per heavy atom. The lowest BCUT2D eigenvalue weighted by molar-refractivity contribution is 0.0502. The molecule has 2 heterocycles. The summed E-state index contributed by atoms with van der Waals surface area (Å²) >= 11 is 0. The molecule has 1 fully saturated rings. The largest absolute Gasteiger partial charge is 0.444 e. The molecule has 0 saturated carbocycles. The Balaban J connectivity index is 1.86. The number of rotatable bonds is 2. The first kappa shape index (κ1) is 15.3. The van der Waals surface area contributed by atoms with E-state index in [9.17, 15) is 9.59 Å². The Morgan fingerprint density at radius 3 is 2.76 bits per heavy atom. The summed E-state index contributed by atoms with van der Waals surface area (Å²) < 4.78 is 5.21. The Kier molecular flexibility index (Phi) is 4.45. The van der Waals surface area contributed by atoms with E-state index in [1.54, 1.807) is 29.3 Å². The van der Waals surface area contributed by atoms with Crippen LogP contribution >= 0.6 is 0 Å². The summed E-state index contributed by atoms with van der Waals surface area (Å²) in [5, 5.41) is 2.80. The molecule has 2 amide bonds. The van der Waals surface area contributed by atoms with Crippen LogP contribution in [0.2, 0.25) is 0 Å². The predicted octanol–water partition coefficient (Wildman–Crippen LogP) is 1.82. The molecule has 6 nitrogen and oxygen atoms in total. The van der Waals surface area contributed by atoms with Crippen LogP contribution in [0.15, 0.2) is 24.4 Å². The van der Waals surface area contributed by atoms with Gasteiger partial charge < -0.3 is 15.0 Å². The van der Waals surface area contributed by atoms with Crippen LogP contribution in [0, 0.1) is 0 Å². The average Bonchev–Trinajstić information content (AvgIpc) is 2.85. The van der Waals surface area contributed by atoms with Crippen LogP contribution in [-0.4, -0.2) is 46.6 Å². The maximum atomic E-state index is 12.2.